The third-order valence-electron chi connectivity index (χ3n) is 5.19. The van der Waals surface area contributed by atoms with Crippen LogP contribution in [-0.4, -0.2) is 76.9 Å². The van der Waals surface area contributed by atoms with Crippen LogP contribution in [0.1, 0.15) is 20.8 Å². The molecule has 7 nitrogen and oxygen atoms in total. The summed E-state index contributed by atoms with van der Waals surface area (Å²) in [4.78, 5) is 42.3. The van der Waals surface area contributed by atoms with Crippen LogP contribution >= 0.6 is 11.8 Å². The first-order valence-electron chi connectivity index (χ1n) is 9.64. The van der Waals surface area contributed by atoms with Gasteiger partial charge in [-0.2, -0.15) is 0 Å². The number of anilines is 1. The third kappa shape index (κ3) is 4.43. The summed E-state index contributed by atoms with van der Waals surface area (Å²) in [7, 11) is 0. The molecular weight excluding hydrogens is 376 g/mol. The topological polar surface area (TPSA) is 73.0 Å². The Kier molecular flexibility index (Phi) is 6.17. The lowest BCUT2D eigenvalue weighted by atomic mass is 10.1. The maximum absolute atomic E-state index is 12.7. The molecule has 1 atom stereocenters. The lowest BCUT2D eigenvalue weighted by Crippen LogP contribution is -2.50. The van der Waals surface area contributed by atoms with Crippen molar-refractivity contribution in [3.05, 3.63) is 30.3 Å². The van der Waals surface area contributed by atoms with E-state index >= 15 is 0 Å². The predicted octanol–water partition coefficient (Wildman–Crippen LogP) is 1.79. The molecule has 2 fully saturated rings. The Balaban J connectivity index is 1.43. The minimum Gasteiger partial charge on any atom is -0.368 e. The van der Waals surface area contributed by atoms with Gasteiger partial charge in [0.05, 0.1) is 5.25 Å². The molecular formula is C20H28N4O3S. The van der Waals surface area contributed by atoms with Crippen molar-refractivity contribution in [1.82, 2.24) is 15.1 Å². The Morgan fingerprint density at radius 3 is 2.36 bits per heavy atom. The van der Waals surface area contributed by atoms with Crippen molar-refractivity contribution in [2.45, 2.75) is 31.6 Å². The molecule has 0 bridgehead atoms. The molecule has 0 aliphatic carbocycles. The van der Waals surface area contributed by atoms with Crippen LogP contribution in [0.25, 0.3) is 0 Å². The second-order valence-electron chi connectivity index (χ2n) is 7.67. The SMILES string of the molecule is CC(SCCN1C(=O)NC(C)(C)C1=O)C(=O)N1CCN(c2ccccc2)CC1. The number of amides is 4. The van der Waals surface area contributed by atoms with Gasteiger partial charge < -0.3 is 15.1 Å². The fourth-order valence-corrected chi connectivity index (χ4v) is 4.43. The zero-order valence-electron chi connectivity index (χ0n) is 16.7. The number of thioether (sulfide) groups is 1. The smallest absolute Gasteiger partial charge is 0.325 e. The second kappa shape index (κ2) is 8.43. The van der Waals surface area contributed by atoms with Gasteiger partial charge in [-0.15, -0.1) is 11.8 Å². The van der Waals surface area contributed by atoms with Gasteiger partial charge in [-0.1, -0.05) is 18.2 Å². The van der Waals surface area contributed by atoms with Crippen molar-refractivity contribution >= 4 is 35.3 Å². The highest BCUT2D eigenvalue weighted by molar-refractivity contribution is 8.00. The Labute approximate surface area is 170 Å². The number of piperazine rings is 1. The molecule has 2 saturated heterocycles. The summed E-state index contributed by atoms with van der Waals surface area (Å²) in [5.41, 5.74) is 0.343. The molecule has 1 aromatic rings. The first-order chi connectivity index (χ1) is 13.3. The normalized spacial score (nSPS) is 20.3. The van der Waals surface area contributed by atoms with E-state index in [9.17, 15) is 14.4 Å². The summed E-state index contributed by atoms with van der Waals surface area (Å²) in [6, 6.07) is 9.88. The van der Waals surface area contributed by atoms with Crippen LogP contribution in [0.3, 0.4) is 0 Å². The number of imide groups is 1. The molecule has 1 N–H and O–H groups in total. The molecule has 28 heavy (non-hydrogen) atoms. The van der Waals surface area contributed by atoms with Gasteiger partial charge in [0.2, 0.25) is 5.91 Å². The highest BCUT2D eigenvalue weighted by atomic mass is 32.2. The number of hydrogen-bond donors (Lipinski definition) is 1. The average Bonchev–Trinajstić information content (AvgIpc) is 2.89. The van der Waals surface area contributed by atoms with Gasteiger partial charge >= 0.3 is 6.03 Å². The minimum absolute atomic E-state index is 0.121. The lowest BCUT2D eigenvalue weighted by molar-refractivity contribution is -0.130. The van der Waals surface area contributed by atoms with Crippen LogP contribution in [0, 0.1) is 0 Å². The second-order valence-corrected chi connectivity index (χ2v) is 9.12. The van der Waals surface area contributed by atoms with Crippen LogP contribution in [0.15, 0.2) is 30.3 Å². The number of hydrogen-bond acceptors (Lipinski definition) is 5. The van der Waals surface area contributed by atoms with E-state index in [1.165, 1.54) is 22.3 Å². The van der Waals surface area contributed by atoms with E-state index in [0.29, 0.717) is 25.4 Å². The zero-order valence-corrected chi connectivity index (χ0v) is 17.5. The maximum atomic E-state index is 12.7. The van der Waals surface area contributed by atoms with Gasteiger partial charge in [0, 0.05) is 44.2 Å². The summed E-state index contributed by atoms with van der Waals surface area (Å²) >= 11 is 1.49. The number of nitrogens with one attached hydrogen (secondary N) is 1. The summed E-state index contributed by atoms with van der Waals surface area (Å²) < 4.78 is 0. The Morgan fingerprint density at radius 2 is 1.79 bits per heavy atom. The quantitative estimate of drug-likeness (QED) is 0.732. The maximum Gasteiger partial charge on any atom is 0.325 e. The Bertz CT molecular complexity index is 732. The van der Waals surface area contributed by atoms with Gasteiger partial charge in [0.25, 0.3) is 5.91 Å². The van der Waals surface area contributed by atoms with Crippen molar-refractivity contribution in [3.63, 3.8) is 0 Å². The molecule has 2 aliphatic heterocycles. The summed E-state index contributed by atoms with van der Waals surface area (Å²) in [5, 5.41) is 2.47. The molecule has 4 amide bonds. The highest BCUT2D eigenvalue weighted by Gasteiger charge is 2.43. The fraction of sp³-hybridized carbons (Fsp3) is 0.550. The Morgan fingerprint density at radius 1 is 1.14 bits per heavy atom. The van der Waals surface area contributed by atoms with Crippen LogP contribution in [0.4, 0.5) is 10.5 Å². The molecule has 2 heterocycles. The monoisotopic (exact) mass is 404 g/mol. The summed E-state index contributed by atoms with van der Waals surface area (Å²) in [5.74, 6) is 0.455. The minimum atomic E-state index is -0.846. The van der Waals surface area contributed by atoms with Crippen molar-refractivity contribution in [2.24, 2.45) is 0 Å². The van der Waals surface area contributed by atoms with Crippen molar-refractivity contribution in [2.75, 3.05) is 43.4 Å². The van der Waals surface area contributed by atoms with Crippen molar-refractivity contribution in [3.8, 4) is 0 Å². The van der Waals surface area contributed by atoms with Gasteiger partial charge in [0.1, 0.15) is 5.54 Å². The molecule has 0 spiro atoms. The van der Waals surface area contributed by atoms with E-state index in [4.69, 9.17) is 0 Å². The first kappa shape index (κ1) is 20.5. The van der Waals surface area contributed by atoms with Gasteiger partial charge in [-0.25, -0.2) is 4.79 Å². The van der Waals surface area contributed by atoms with E-state index in [2.05, 4.69) is 22.3 Å². The van der Waals surface area contributed by atoms with Crippen LogP contribution in [-0.2, 0) is 9.59 Å². The highest BCUT2D eigenvalue weighted by Crippen LogP contribution is 2.21. The number of carbonyl (C=O) groups excluding carboxylic acids is 3. The number of nitrogens with zero attached hydrogens (tertiary/aromatic N) is 3. The number of carbonyl (C=O) groups is 3. The molecule has 0 radical (unpaired) electrons. The Hall–Kier alpha value is -2.22. The molecule has 0 aromatic heterocycles. The standard InChI is InChI=1S/C20H28N4O3S/c1-15(28-14-13-24-18(26)20(2,3)21-19(24)27)17(25)23-11-9-22(10-12-23)16-7-5-4-6-8-16/h4-8,15H,9-14H2,1-3H3,(H,21,27). The lowest BCUT2D eigenvalue weighted by Gasteiger charge is -2.37. The molecule has 3 rings (SSSR count). The molecule has 1 unspecified atom stereocenters. The van der Waals surface area contributed by atoms with Gasteiger partial charge in [-0.05, 0) is 32.9 Å². The van der Waals surface area contributed by atoms with E-state index in [-0.39, 0.29) is 23.1 Å². The third-order valence-corrected chi connectivity index (χ3v) is 6.31. The molecule has 8 heteroatoms. The predicted molar refractivity (Wildman–Crippen MR) is 111 cm³/mol. The largest absolute Gasteiger partial charge is 0.368 e. The molecule has 2 aliphatic rings. The molecule has 0 saturated carbocycles. The molecule has 152 valence electrons. The summed E-state index contributed by atoms with van der Waals surface area (Å²) in [6.07, 6.45) is 0. The van der Waals surface area contributed by atoms with Crippen LogP contribution in [0.2, 0.25) is 0 Å². The van der Waals surface area contributed by atoms with E-state index < -0.39 is 5.54 Å². The average molecular weight is 405 g/mol. The van der Waals surface area contributed by atoms with Crippen molar-refractivity contribution in [1.29, 1.82) is 0 Å². The zero-order chi connectivity index (χ0) is 20.3. The molecule has 1 aromatic carbocycles. The van der Waals surface area contributed by atoms with Crippen LogP contribution in [0.5, 0.6) is 0 Å². The fourth-order valence-electron chi connectivity index (χ4n) is 3.49. The number of benzene rings is 1. The number of para-hydroxylation sites is 1. The number of rotatable bonds is 6. The van der Waals surface area contributed by atoms with E-state index in [1.54, 1.807) is 13.8 Å². The van der Waals surface area contributed by atoms with Gasteiger partial charge in [-0.3, -0.25) is 14.5 Å². The van der Waals surface area contributed by atoms with E-state index in [1.807, 2.05) is 30.0 Å². The van der Waals surface area contributed by atoms with E-state index in [0.717, 1.165) is 13.1 Å². The summed E-state index contributed by atoms with van der Waals surface area (Å²) in [6.45, 7) is 8.67. The first-order valence-corrected chi connectivity index (χ1v) is 10.7. The number of urea groups is 1. The van der Waals surface area contributed by atoms with Crippen LogP contribution < -0.4 is 10.2 Å². The van der Waals surface area contributed by atoms with Gasteiger partial charge in [0.15, 0.2) is 0 Å². The van der Waals surface area contributed by atoms with Crippen molar-refractivity contribution < 1.29 is 14.4 Å².